The second-order valence-corrected chi connectivity index (χ2v) is 7.02. The van der Waals surface area contributed by atoms with Crippen molar-refractivity contribution in [2.24, 2.45) is 0 Å². The molecule has 0 saturated heterocycles. The molecule has 0 N–H and O–H groups in total. The molecule has 116 valence electrons. The fourth-order valence-corrected chi connectivity index (χ4v) is 4.84. The standard InChI is InChI=1S/C18H17N3OS/c1-11-13(6-7-22)16(12-8-19-10-20-9-12)17-14-4-2-3-5-15(14)23-18(17)21-11/h7-10H,2-6H2,1H3. The summed E-state index contributed by atoms with van der Waals surface area (Å²) in [4.78, 5) is 26.9. The molecule has 3 heterocycles. The van der Waals surface area contributed by atoms with Crippen molar-refractivity contribution < 1.29 is 4.79 Å². The molecular formula is C18H17N3OS. The van der Waals surface area contributed by atoms with Crippen molar-refractivity contribution in [1.82, 2.24) is 15.0 Å². The maximum atomic E-state index is 11.2. The Morgan fingerprint density at radius 2 is 2.00 bits per heavy atom. The number of fused-ring (bicyclic) bond motifs is 3. The van der Waals surface area contributed by atoms with Crippen LogP contribution < -0.4 is 0 Å². The lowest BCUT2D eigenvalue weighted by Gasteiger charge is -2.15. The molecule has 0 aliphatic heterocycles. The highest BCUT2D eigenvalue weighted by Gasteiger charge is 2.23. The minimum Gasteiger partial charge on any atom is -0.303 e. The summed E-state index contributed by atoms with van der Waals surface area (Å²) in [5, 5.41) is 1.22. The molecule has 1 aliphatic carbocycles. The number of carbonyl (C=O) groups is 1. The van der Waals surface area contributed by atoms with Crippen molar-refractivity contribution in [3.8, 4) is 11.1 Å². The number of thiophene rings is 1. The van der Waals surface area contributed by atoms with Gasteiger partial charge in [-0.25, -0.2) is 15.0 Å². The van der Waals surface area contributed by atoms with E-state index in [9.17, 15) is 4.79 Å². The number of hydrogen-bond donors (Lipinski definition) is 0. The summed E-state index contributed by atoms with van der Waals surface area (Å²) in [6, 6.07) is 0. The molecule has 0 bridgehead atoms. The van der Waals surface area contributed by atoms with Crippen LogP contribution in [0.25, 0.3) is 21.3 Å². The average Bonchev–Trinajstić information content (AvgIpc) is 2.94. The van der Waals surface area contributed by atoms with E-state index in [-0.39, 0.29) is 0 Å². The van der Waals surface area contributed by atoms with E-state index in [1.54, 1.807) is 0 Å². The van der Waals surface area contributed by atoms with Crippen LogP contribution in [-0.4, -0.2) is 21.2 Å². The lowest BCUT2D eigenvalue weighted by atomic mass is 9.90. The van der Waals surface area contributed by atoms with E-state index in [4.69, 9.17) is 4.98 Å². The van der Waals surface area contributed by atoms with Crippen molar-refractivity contribution in [2.45, 2.75) is 39.0 Å². The molecule has 0 atom stereocenters. The number of rotatable bonds is 3. The van der Waals surface area contributed by atoms with Gasteiger partial charge in [-0.1, -0.05) is 0 Å². The molecule has 0 aromatic carbocycles. The van der Waals surface area contributed by atoms with Gasteiger partial charge in [-0.05, 0) is 43.7 Å². The van der Waals surface area contributed by atoms with Crippen LogP contribution >= 0.6 is 11.3 Å². The average molecular weight is 323 g/mol. The molecule has 0 saturated carbocycles. The number of nitrogens with zero attached hydrogens (tertiary/aromatic N) is 3. The first-order valence-electron chi connectivity index (χ1n) is 7.92. The number of carbonyl (C=O) groups excluding carboxylic acids is 1. The lowest BCUT2D eigenvalue weighted by Crippen LogP contribution is -2.02. The maximum Gasteiger partial charge on any atom is 0.124 e. The Morgan fingerprint density at radius 1 is 1.22 bits per heavy atom. The molecule has 0 fully saturated rings. The van der Waals surface area contributed by atoms with Crippen molar-refractivity contribution in [3.05, 3.63) is 40.4 Å². The van der Waals surface area contributed by atoms with Gasteiger partial charge in [-0.2, -0.15) is 0 Å². The molecule has 1 aliphatic rings. The third-order valence-corrected chi connectivity index (χ3v) is 5.73. The fraction of sp³-hybridized carbons (Fsp3) is 0.333. The van der Waals surface area contributed by atoms with Crippen LogP contribution in [0.4, 0.5) is 0 Å². The predicted octanol–water partition coefficient (Wildman–Crippen LogP) is 3.68. The number of aldehydes is 1. The van der Waals surface area contributed by atoms with Crippen LogP contribution in [0.1, 0.15) is 34.5 Å². The predicted molar refractivity (Wildman–Crippen MR) is 91.8 cm³/mol. The second-order valence-electron chi connectivity index (χ2n) is 5.94. The zero-order valence-electron chi connectivity index (χ0n) is 13.0. The summed E-state index contributed by atoms with van der Waals surface area (Å²) in [5.74, 6) is 0. The summed E-state index contributed by atoms with van der Waals surface area (Å²) in [7, 11) is 0. The van der Waals surface area contributed by atoms with Gasteiger partial charge in [-0.15, -0.1) is 11.3 Å². The van der Waals surface area contributed by atoms with Crippen LogP contribution in [0, 0.1) is 6.92 Å². The van der Waals surface area contributed by atoms with Crippen LogP contribution in [0.3, 0.4) is 0 Å². The first kappa shape index (κ1) is 14.5. The zero-order valence-corrected chi connectivity index (χ0v) is 13.8. The van der Waals surface area contributed by atoms with Gasteiger partial charge in [0.25, 0.3) is 0 Å². The number of aryl methyl sites for hydroxylation is 3. The third kappa shape index (κ3) is 2.36. The largest absolute Gasteiger partial charge is 0.303 e. The fourth-order valence-electron chi connectivity index (χ4n) is 3.52. The molecule has 3 aromatic rings. The molecule has 3 aromatic heterocycles. The zero-order chi connectivity index (χ0) is 15.8. The van der Waals surface area contributed by atoms with Crippen molar-refractivity contribution in [3.63, 3.8) is 0 Å². The quantitative estimate of drug-likeness (QED) is 0.690. The van der Waals surface area contributed by atoms with E-state index in [0.29, 0.717) is 6.42 Å². The first-order valence-corrected chi connectivity index (χ1v) is 8.74. The number of aromatic nitrogens is 3. The Labute approximate surface area is 138 Å². The third-order valence-electron chi connectivity index (χ3n) is 4.55. The van der Waals surface area contributed by atoms with Gasteiger partial charge >= 0.3 is 0 Å². The van der Waals surface area contributed by atoms with Crippen molar-refractivity contribution in [2.75, 3.05) is 0 Å². The Bertz CT molecular complexity index is 886. The highest BCUT2D eigenvalue weighted by molar-refractivity contribution is 7.19. The highest BCUT2D eigenvalue weighted by atomic mass is 32.1. The van der Waals surface area contributed by atoms with E-state index in [1.807, 2.05) is 30.7 Å². The first-order chi connectivity index (χ1) is 11.3. The van der Waals surface area contributed by atoms with Gasteiger partial charge < -0.3 is 4.79 Å². The Morgan fingerprint density at radius 3 is 2.78 bits per heavy atom. The Balaban J connectivity index is 2.11. The number of pyridine rings is 1. The summed E-state index contributed by atoms with van der Waals surface area (Å²) in [5.41, 5.74) is 5.45. The van der Waals surface area contributed by atoms with E-state index in [0.717, 1.165) is 46.3 Å². The van der Waals surface area contributed by atoms with Gasteiger partial charge in [0.05, 0.1) is 0 Å². The van der Waals surface area contributed by atoms with E-state index < -0.39 is 0 Å². The molecular weight excluding hydrogens is 306 g/mol. The van der Waals surface area contributed by atoms with Crippen molar-refractivity contribution in [1.29, 1.82) is 0 Å². The van der Waals surface area contributed by atoms with Gasteiger partial charge in [0.15, 0.2) is 0 Å². The summed E-state index contributed by atoms with van der Waals surface area (Å²) in [6.07, 6.45) is 11.3. The maximum absolute atomic E-state index is 11.2. The van der Waals surface area contributed by atoms with E-state index in [1.165, 1.54) is 35.0 Å². The van der Waals surface area contributed by atoms with E-state index in [2.05, 4.69) is 9.97 Å². The normalized spacial score (nSPS) is 14.0. The van der Waals surface area contributed by atoms with Crippen LogP contribution in [0.2, 0.25) is 0 Å². The Hall–Kier alpha value is -2.14. The SMILES string of the molecule is Cc1nc2sc3c(c2c(-c2cncnc2)c1CC=O)CCCC3. The van der Waals surface area contributed by atoms with Crippen LogP contribution in [0.15, 0.2) is 18.7 Å². The molecule has 0 spiro atoms. The second kappa shape index (κ2) is 5.81. The Kier molecular flexibility index (Phi) is 3.65. The molecule has 4 rings (SSSR count). The smallest absolute Gasteiger partial charge is 0.124 e. The summed E-state index contributed by atoms with van der Waals surface area (Å²) in [6.45, 7) is 1.99. The molecule has 0 unspecified atom stereocenters. The van der Waals surface area contributed by atoms with Crippen LogP contribution in [-0.2, 0) is 24.1 Å². The molecule has 0 amide bonds. The molecule has 23 heavy (non-hydrogen) atoms. The highest BCUT2D eigenvalue weighted by Crippen LogP contribution is 2.42. The van der Waals surface area contributed by atoms with Gasteiger partial charge in [0.1, 0.15) is 17.4 Å². The van der Waals surface area contributed by atoms with Gasteiger partial charge in [0.2, 0.25) is 0 Å². The van der Waals surface area contributed by atoms with Gasteiger partial charge in [-0.3, -0.25) is 0 Å². The minimum atomic E-state index is 0.379. The number of hydrogen-bond acceptors (Lipinski definition) is 5. The summed E-state index contributed by atoms with van der Waals surface area (Å²) < 4.78 is 0. The molecule has 0 radical (unpaired) electrons. The van der Waals surface area contributed by atoms with Crippen LogP contribution in [0.5, 0.6) is 0 Å². The molecule has 5 heteroatoms. The minimum absolute atomic E-state index is 0.379. The van der Waals surface area contributed by atoms with Gasteiger partial charge in [0, 0.05) is 45.9 Å². The van der Waals surface area contributed by atoms with E-state index >= 15 is 0 Å². The molecule has 4 nitrogen and oxygen atoms in total. The summed E-state index contributed by atoms with van der Waals surface area (Å²) >= 11 is 1.81. The van der Waals surface area contributed by atoms with Crippen molar-refractivity contribution >= 4 is 27.8 Å². The lowest BCUT2D eigenvalue weighted by molar-refractivity contribution is -0.107. The monoisotopic (exact) mass is 323 g/mol. The topological polar surface area (TPSA) is 55.7 Å².